The van der Waals surface area contributed by atoms with E-state index in [4.69, 9.17) is 12.2 Å². The number of nitrogens with zero attached hydrogens (tertiary/aromatic N) is 2. The van der Waals surface area contributed by atoms with E-state index in [0.717, 1.165) is 22.5 Å². The Bertz CT molecular complexity index is 831. The van der Waals surface area contributed by atoms with Crippen LogP contribution >= 0.6 is 12.2 Å². The number of aromatic amines is 1. The van der Waals surface area contributed by atoms with Crippen molar-refractivity contribution in [1.82, 2.24) is 14.8 Å². The van der Waals surface area contributed by atoms with Crippen LogP contribution in [-0.2, 0) is 0 Å². The minimum absolute atomic E-state index is 0.586. The maximum absolute atomic E-state index is 5.32. The SMILES string of the molecule is S=c1[nH]nc2n1-c1ccccc1-c1ccccc1N2. The van der Waals surface area contributed by atoms with Crippen LogP contribution in [0, 0.1) is 4.77 Å². The molecular formula is C14H10N4S. The molecule has 92 valence electrons. The lowest BCUT2D eigenvalue weighted by Crippen LogP contribution is -1.99. The molecule has 5 heteroatoms. The number of hydrogen-bond acceptors (Lipinski definition) is 3. The van der Waals surface area contributed by atoms with E-state index in [0.29, 0.717) is 10.7 Å². The van der Waals surface area contributed by atoms with Gasteiger partial charge in [-0.2, -0.15) is 0 Å². The van der Waals surface area contributed by atoms with Gasteiger partial charge in [0, 0.05) is 16.8 Å². The van der Waals surface area contributed by atoms with Gasteiger partial charge in [0.1, 0.15) is 0 Å². The van der Waals surface area contributed by atoms with Gasteiger partial charge in [-0.15, -0.1) is 5.10 Å². The molecule has 2 aromatic carbocycles. The Hall–Kier alpha value is -2.40. The Labute approximate surface area is 114 Å². The van der Waals surface area contributed by atoms with E-state index in [1.54, 1.807) is 0 Å². The number of aromatic nitrogens is 3. The molecule has 2 heterocycles. The van der Waals surface area contributed by atoms with Crippen LogP contribution in [0.15, 0.2) is 48.5 Å². The zero-order valence-corrected chi connectivity index (χ0v) is 10.7. The summed E-state index contributed by atoms with van der Waals surface area (Å²) >= 11 is 5.32. The summed E-state index contributed by atoms with van der Waals surface area (Å²) in [5.74, 6) is 0.711. The van der Waals surface area contributed by atoms with Crippen molar-refractivity contribution in [2.75, 3.05) is 5.32 Å². The Balaban J connectivity index is 2.17. The molecule has 0 amide bonds. The quantitative estimate of drug-likeness (QED) is 0.477. The smallest absolute Gasteiger partial charge is 0.232 e. The van der Waals surface area contributed by atoms with Gasteiger partial charge in [0.05, 0.1) is 5.69 Å². The molecule has 0 bridgehead atoms. The van der Waals surface area contributed by atoms with Crippen molar-refractivity contribution in [2.24, 2.45) is 0 Å². The molecule has 4 nitrogen and oxygen atoms in total. The van der Waals surface area contributed by atoms with Crippen molar-refractivity contribution in [3.63, 3.8) is 0 Å². The van der Waals surface area contributed by atoms with Gasteiger partial charge in [-0.05, 0) is 24.4 Å². The molecule has 2 N–H and O–H groups in total. The standard InChI is InChI=1S/C14H10N4S/c19-14-17-16-13-15-11-7-3-1-5-9(11)10-6-2-4-8-12(10)18(13)14/h1-8H,(H,15,16)(H,17,19). The molecule has 4 rings (SSSR count). The van der Waals surface area contributed by atoms with Crippen molar-refractivity contribution in [3.05, 3.63) is 53.3 Å². The third-order valence-electron chi connectivity index (χ3n) is 3.28. The largest absolute Gasteiger partial charge is 0.323 e. The Kier molecular flexibility index (Phi) is 2.10. The maximum Gasteiger partial charge on any atom is 0.232 e. The first kappa shape index (κ1) is 10.5. The second kappa shape index (κ2) is 3.80. The molecule has 0 fully saturated rings. The molecule has 1 aliphatic rings. The molecule has 1 aromatic heterocycles. The molecule has 0 spiro atoms. The van der Waals surface area contributed by atoms with Crippen LogP contribution in [-0.4, -0.2) is 14.8 Å². The minimum Gasteiger partial charge on any atom is -0.323 e. The summed E-state index contributed by atoms with van der Waals surface area (Å²) in [6.07, 6.45) is 0. The normalized spacial score (nSPS) is 11.8. The number of rotatable bonds is 0. The highest BCUT2D eigenvalue weighted by Gasteiger charge is 2.19. The second-order valence-corrected chi connectivity index (χ2v) is 4.76. The average Bonchev–Trinajstić information content (AvgIpc) is 2.73. The fourth-order valence-corrected chi connectivity index (χ4v) is 2.68. The van der Waals surface area contributed by atoms with Gasteiger partial charge in [-0.1, -0.05) is 36.4 Å². The van der Waals surface area contributed by atoms with Gasteiger partial charge in [-0.3, -0.25) is 4.57 Å². The van der Waals surface area contributed by atoms with Crippen LogP contribution in [0.1, 0.15) is 0 Å². The Morgan fingerprint density at radius 1 is 0.947 bits per heavy atom. The summed E-state index contributed by atoms with van der Waals surface area (Å²) in [6.45, 7) is 0. The van der Waals surface area contributed by atoms with Crippen LogP contribution in [0.25, 0.3) is 16.8 Å². The molecule has 0 radical (unpaired) electrons. The van der Waals surface area contributed by atoms with Crippen LogP contribution in [0.5, 0.6) is 0 Å². The first-order valence-electron chi connectivity index (χ1n) is 5.98. The molecule has 0 saturated heterocycles. The third-order valence-corrected chi connectivity index (χ3v) is 3.55. The van der Waals surface area contributed by atoms with Crippen molar-refractivity contribution < 1.29 is 0 Å². The van der Waals surface area contributed by atoms with E-state index in [9.17, 15) is 0 Å². The topological polar surface area (TPSA) is 45.6 Å². The summed E-state index contributed by atoms with van der Waals surface area (Å²) in [5.41, 5.74) is 4.36. The number of fused-ring (bicyclic) bond motifs is 5. The molecule has 0 aliphatic carbocycles. The zero-order valence-electron chi connectivity index (χ0n) is 9.92. The van der Waals surface area contributed by atoms with Crippen LogP contribution < -0.4 is 5.32 Å². The molecule has 0 atom stereocenters. The second-order valence-electron chi connectivity index (χ2n) is 4.38. The van der Waals surface area contributed by atoms with Gasteiger partial charge in [0.15, 0.2) is 0 Å². The first-order valence-corrected chi connectivity index (χ1v) is 6.39. The van der Waals surface area contributed by atoms with Crippen molar-refractivity contribution in [1.29, 1.82) is 0 Å². The lowest BCUT2D eigenvalue weighted by atomic mass is 10.0. The van der Waals surface area contributed by atoms with Gasteiger partial charge in [0.2, 0.25) is 10.7 Å². The lowest BCUT2D eigenvalue weighted by Gasteiger charge is -2.08. The number of anilines is 2. The Morgan fingerprint density at radius 2 is 1.68 bits per heavy atom. The van der Waals surface area contributed by atoms with E-state index in [-0.39, 0.29) is 0 Å². The monoisotopic (exact) mass is 266 g/mol. The number of nitrogens with one attached hydrogen (secondary N) is 2. The molecule has 0 unspecified atom stereocenters. The van der Waals surface area contributed by atoms with Gasteiger partial charge in [-0.25, -0.2) is 5.10 Å². The van der Waals surface area contributed by atoms with E-state index in [2.05, 4.69) is 27.6 Å². The minimum atomic E-state index is 0.586. The number of H-pyrrole nitrogens is 1. The lowest BCUT2D eigenvalue weighted by molar-refractivity contribution is 1.04. The summed E-state index contributed by atoms with van der Waals surface area (Å²) in [6, 6.07) is 16.4. The van der Waals surface area contributed by atoms with Crippen molar-refractivity contribution in [2.45, 2.75) is 0 Å². The van der Waals surface area contributed by atoms with Crippen LogP contribution in [0.4, 0.5) is 11.6 Å². The molecular weight excluding hydrogens is 256 g/mol. The summed E-state index contributed by atoms with van der Waals surface area (Å²) in [5, 5.41) is 10.4. The highest BCUT2D eigenvalue weighted by molar-refractivity contribution is 7.71. The van der Waals surface area contributed by atoms with Gasteiger partial charge < -0.3 is 5.32 Å². The zero-order chi connectivity index (χ0) is 12.8. The Morgan fingerprint density at radius 3 is 2.58 bits per heavy atom. The van der Waals surface area contributed by atoms with E-state index in [1.165, 1.54) is 0 Å². The van der Waals surface area contributed by atoms with E-state index >= 15 is 0 Å². The highest BCUT2D eigenvalue weighted by atomic mass is 32.1. The molecule has 19 heavy (non-hydrogen) atoms. The van der Waals surface area contributed by atoms with E-state index in [1.807, 2.05) is 41.0 Å². The molecule has 1 aliphatic heterocycles. The average molecular weight is 266 g/mol. The first-order chi connectivity index (χ1) is 9.34. The fourth-order valence-electron chi connectivity index (χ4n) is 2.45. The predicted molar refractivity (Wildman–Crippen MR) is 77.5 cm³/mol. The highest BCUT2D eigenvalue weighted by Crippen LogP contribution is 2.37. The van der Waals surface area contributed by atoms with Crippen LogP contribution in [0.3, 0.4) is 0 Å². The summed E-state index contributed by atoms with van der Waals surface area (Å²) < 4.78 is 2.51. The van der Waals surface area contributed by atoms with Crippen molar-refractivity contribution >= 4 is 23.9 Å². The van der Waals surface area contributed by atoms with Crippen molar-refractivity contribution in [3.8, 4) is 16.8 Å². The summed E-state index contributed by atoms with van der Waals surface area (Å²) in [4.78, 5) is 0. The molecule has 3 aromatic rings. The molecule has 0 saturated carbocycles. The van der Waals surface area contributed by atoms with E-state index < -0.39 is 0 Å². The van der Waals surface area contributed by atoms with Crippen LogP contribution in [0.2, 0.25) is 0 Å². The van der Waals surface area contributed by atoms with Gasteiger partial charge in [0.25, 0.3) is 0 Å². The fraction of sp³-hybridized carbons (Fsp3) is 0. The number of benzene rings is 2. The predicted octanol–water partition coefficient (Wildman–Crippen LogP) is 3.65. The summed E-state index contributed by atoms with van der Waals surface area (Å²) in [7, 11) is 0. The number of para-hydroxylation sites is 2. The third kappa shape index (κ3) is 1.45. The van der Waals surface area contributed by atoms with Gasteiger partial charge >= 0.3 is 0 Å². The maximum atomic E-state index is 5.32. The number of hydrogen-bond donors (Lipinski definition) is 2.